The summed E-state index contributed by atoms with van der Waals surface area (Å²) in [5, 5.41) is 8.13. The number of hydrogen-bond acceptors (Lipinski definition) is 3. The molecule has 7 heteroatoms. The Labute approximate surface area is 173 Å². The van der Waals surface area contributed by atoms with Crippen molar-refractivity contribution in [1.29, 1.82) is 0 Å². The van der Waals surface area contributed by atoms with E-state index in [2.05, 4.69) is 35.5 Å². The lowest BCUT2D eigenvalue weighted by atomic mass is 9.54. The molecule has 0 bridgehead atoms. The van der Waals surface area contributed by atoms with E-state index in [0.29, 0.717) is 23.5 Å². The molecule has 6 nitrogen and oxygen atoms in total. The molecule has 1 aromatic heterocycles. The third kappa shape index (κ3) is 3.37. The molecule has 1 aliphatic heterocycles. The number of aromatic nitrogens is 2. The van der Waals surface area contributed by atoms with Crippen LogP contribution in [0, 0.1) is 11.3 Å². The maximum absolute atomic E-state index is 6.12. The molecule has 1 saturated heterocycles. The maximum Gasteiger partial charge on any atom is 0.194 e. The Morgan fingerprint density at radius 2 is 2.23 bits per heavy atom. The van der Waals surface area contributed by atoms with E-state index in [-0.39, 0.29) is 24.0 Å². The molecule has 3 fully saturated rings. The molecule has 2 heterocycles. The largest absolute Gasteiger partial charge is 0.377 e. The van der Waals surface area contributed by atoms with Gasteiger partial charge < -0.3 is 15.0 Å². The third-order valence-electron chi connectivity index (χ3n) is 6.42. The average molecular weight is 473 g/mol. The van der Waals surface area contributed by atoms with Crippen LogP contribution < -0.4 is 5.32 Å². The number of aryl methyl sites for hydroxylation is 1. The van der Waals surface area contributed by atoms with Crippen molar-refractivity contribution in [2.75, 3.05) is 20.2 Å². The topological polar surface area (TPSA) is 54.7 Å². The van der Waals surface area contributed by atoms with Gasteiger partial charge in [0, 0.05) is 62.9 Å². The summed E-state index contributed by atoms with van der Waals surface area (Å²) < 4.78 is 7.97. The van der Waals surface area contributed by atoms with E-state index in [1.165, 1.54) is 37.7 Å². The molecule has 4 rings (SSSR count). The van der Waals surface area contributed by atoms with Crippen LogP contribution in [0.15, 0.2) is 17.4 Å². The van der Waals surface area contributed by atoms with Gasteiger partial charge in [-0.1, -0.05) is 12.8 Å². The van der Waals surface area contributed by atoms with Crippen LogP contribution in [0.5, 0.6) is 0 Å². The number of ether oxygens (including phenoxy) is 1. The molecule has 3 unspecified atom stereocenters. The van der Waals surface area contributed by atoms with Crippen molar-refractivity contribution in [1.82, 2.24) is 20.0 Å². The zero-order chi connectivity index (χ0) is 17.4. The first-order valence-corrected chi connectivity index (χ1v) is 9.75. The molecule has 1 aromatic rings. The second-order valence-electron chi connectivity index (χ2n) is 7.98. The maximum atomic E-state index is 6.12. The van der Waals surface area contributed by atoms with Gasteiger partial charge in [0.15, 0.2) is 5.96 Å². The van der Waals surface area contributed by atoms with Crippen LogP contribution in [-0.2, 0) is 18.3 Å². The zero-order valence-electron chi connectivity index (χ0n) is 16.1. The van der Waals surface area contributed by atoms with E-state index in [0.717, 1.165) is 25.7 Å². The van der Waals surface area contributed by atoms with Crippen molar-refractivity contribution in [3.8, 4) is 0 Å². The van der Waals surface area contributed by atoms with Gasteiger partial charge in [-0.05, 0) is 26.2 Å². The van der Waals surface area contributed by atoms with E-state index in [9.17, 15) is 0 Å². The van der Waals surface area contributed by atoms with Crippen molar-refractivity contribution in [2.45, 2.75) is 57.7 Å². The molecule has 3 aliphatic rings. The summed E-state index contributed by atoms with van der Waals surface area (Å²) in [5.41, 5.74) is 1.56. The van der Waals surface area contributed by atoms with E-state index in [1.54, 1.807) is 0 Å². The second kappa shape index (κ2) is 8.04. The van der Waals surface area contributed by atoms with Crippen molar-refractivity contribution in [2.24, 2.45) is 23.4 Å². The third-order valence-corrected chi connectivity index (χ3v) is 6.42. The van der Waals surface area contributed by atoms with E-state index in [4.69, 9.17) is 9.73 Å². The highest BCUT2D eigenvalue weighted by molar-refractivity contribution is 14.0. The molecule has 2 saturated carbocycles. The average Bonchev–Trinajstić information content (AvgIpc) is 3.31. The fourth-order valence-electron chi connectivity index (χ4n) is 5.37. The molecular weight excluding hydrogens is 441 g/mol. The molecule has 26 heavy (non-hydrogen) atoms. The Morgan fingerprint density at radius 3 is 2.88 bits per heavy atom. The Bertz CT molecular complexity index is 640. The predicted octanol–water partition coefficient (Wildman–Crippen LogP) is 2.78. The smallest absolute Gasteiger partial charge is 0.194 e. The lowest BCUT2D eigenvalue weighted by Gasteiger charge is -2.57. The molecular formula is C19H32IN5O. The zero-order valence-corrected chi connectivity index (χ0v) is 18.5. The minimum Gasteiger partial charge on any atom is -0.377 e. The molecule has 146 valence electrons. The van der Waals surface area contributed by atoms with Crippen LogP contribution in [-0.4, -0.2) is 53.0 Å². The van der Waals surface area contributed by atoms with Crippen LogP contribution in [0.4, 0.5) is 0 Å². The molecule has 1 N–H and O–H groups in total. The summed E-state index contributed by atoms with van der Waals surface area (Å²) >= 11 is 0. The first-order chi connectivity index (χ1) is 12.1. The van der Waals surface area contributed by atoms with Crippen LogP contribution in [0.25, 0.3) is 0 Å². The Hall–Kier alpha value is -0.830. The van der Waals surface area contributed by atoms with E-state index < -0.39 is 0 Å². The number of hydrogen-bond donors (Lipinski definition) is 1. The summed E-state index contributed by atoms with van der Waals surface area (Å²) in [6.07, 6.45) is 11.0. The molecule has 3 atom stereocenters. The fraction of sp³-hybridized carbons (Fsp3) is 0.789. The van der Waals surface area contributed by atoms with Crippen LogP contribution >= 0.6 is 24.0 Å². The summed E-state index contributed by atoms with van der Waals surface area (Å²) in [6, 6.07) is 0.518. The normalized spacial score (nSPS) is 29.2. The highest BCUT2D eigenvalue weighted by atomic mass is 127. The lowest BCUT2D eigenvalue weighted by Crippen LogP contribution is -2.69. The lowest BCUT2D eigenvalue weighted by molar-refractivity contribution is -0.125. The van der Waals surface area contributed by atoms with Crippen molar-refractivity contribution < 1.29 is 4.74 Å². The summed E-state index contributed by atoms with van der Waals surface area (Å²) in [5.74, 6) is 1.68. The van der Waals surface area contributed by atoms with Gasteiger partial charge in [-0.15, -0.1) is 24.0 Å². The standard InChI is InChI=1S/C19H31N5O.HI/c1-4-20-18(23(2)12-14-11-21-24(3)13-14)22-16-15-7-10-25-17(15)19(16)8-5-6-9-19;/h11,13,15-17H,4-10,12H2,1-3H3,(H,20,22);1H. The van der Waals surface area contributed by atoms with Crippen LogP contribution in [0.2, 0.25) is 0 Å². The van der Waals surface area contributed by atoms with E-state index >= 15 is 0 Å². The van der Waals surface area contributed by atoms with Gasteiger partial charge in [0.25, 0.3) is 0 Å². The number of rotatable bonds is 4. The van der Waals surface area contributed by atoms with Crippen LogP contribution in [0.1, 0.15) is 44.6 Å². The number of aliphatic imine (C=N–C) groups is 1. The number of fused-ring (bicyclic) bond motifs is 2. The summed E-state index contributed by atoms with van der Waals surface area (Å²) in [4.78, 5) is 7.01. The SMILES string of the molecule is CCN=C(NC1C2CCOC2C12CCCC2)N(C)Cc1cnn(C)c1.I. The Morgan fingerprint density at radius 1 is 1.46 bits per heavy atom. The molecule has 0 aromatic carbocycles. The number of halogens is 1. The summed E-state index contributed by atoms with van der Waals surface area (Å²) in [7, 11) is 4.08. The van der Waals surface area contributed by atoms with Crippen molar-refractivity contribution in [3.05, 3.63) is 18.0 Å². The van der Waals surface area contributed by atoms with E-state index in [1.807, 2.05) is 17.9 Å². The van der Waals surface area contributed by atoms with Gasteiger partial charge in [-0.3, -0.25) is 9.67 Å². The first-order valence-electron chi connectivity index (χ1n) is 9.75. The molecule has 1 spiro atoms. The Kier molecular flexibility index (Phi) is 6.16. The van der Waals surface area contributed by atoms with Crippen molar-refractivity contribution in [3.63, 3.8) is 0 Å². The fourth-order valence-corrected chi connectivity index (χ4v) is 5.37. The van der Waals surface area contributed by atoms with Crippen molar-refractivity contribution >= 4 is 29.9 Å². The minimum absolute atomic E-state index is 0. The highest BCUT2D eigenvalue weighted by Crippen LogP contribution is 2.60. The molecule has 2 aliphatic carbocycles. The van der Waals surface area contributed by atoms with Gasteiger partial charge in [0.2, 0.25) is 0 Å². The Balaban J connectivity index is 0.00000196. The molecule has 0 amide bonds. The summed E-state index contributed by atoms with van der Waals surface area (Å²) in [6.45, 7) is 4.66. The van der Waals surface area contributed by atoms with Crippen LogP contribution in [0.3, 0.4) is 0 Å². The van der Waals surface area contributed by atoms with Gasteiger partial charge in [-0.25, -0.2) is 0 Å². The van der Waals surface area contributed by atoms with Gasteiger partial charge >= 0.3 is 0 Å². The minimum atomic E-state index is 0. The number of nitrogens with zero attached hydrogens (tertiary/aromatic N) is 4. The second-order valence-corrected chi connectivity index (χ2v) is 7.98. The number of guanidine groups is 1. The first kappa shape index (κ1) is 19.9. The van der Waals surface area contributed by atoms with Gasteiger partial charge in [0.05, 0.1) is 12.3 Å². The van der Waals surface area contributed by atoms with Gasteiger partial charge in [-0.2, -0.15) is 5.10 Å². The highest BCUT2D eigenvalue weighted by Gasteiger charge is 2.65. The number of nitrogens with one attached hydrogen (secondary N) is 1. The van der Waals surface area contributed by atoms with Gasteiger partial charge in [0.1, 0.15) is 0 Å². The monoisotopic (exact) mass is 473 g/mol. The quantitative estimate of drug-likeness (QED) is 0.415. The predicted molar refractivity (Wildman–Crippen MR) is 114 cm³/mol. The molecule has 0 radical (unpaired) electrons.